The fourth-order valence-corrected chi connectivity index (χ4v) is 4.97. The van der Waals surface area contributed by atoms with Crippen LogP contribution in [0.2, 0.25) is 5.02 Å². The maximum atomic E-state index is 13.1. The third-order valence-corrected chi connectivity index (χ3v) is 6.90. The summed E-state index contributed by atoms with van der Waals surface area (Å²) < 4.78 is 5.46. The highest BCUT2D eigenvalue weighted by atomic mass is 35.5. The van der Waals surface area contributed by atoms with E-state index >= 15 is 0 Å². The SMILES string of the molecule is COC1CCC2(CC1)NC(=O)C(c1c(C)c(Cl)cc(-c3ccccc3)c1C)=C2O. The smallest absolute Gasteiger partial charge is 0.256 e. The van der Waals surface area contributed by atoms with Gasteiger partial charge in [0, 0.05) is 12.1 Å². The van der Waals surface area contributed by atoms with Crippen molar-refractivity contribution in [2.75, 3.05) is 7.11 Å². The molecule has 152 valence electrons. The standard InChI is InChI=1S/C24H26ClNO3/c1-14-18(16-7-5-4-6-8-16)13-19(25)15(2)20(14)21-22(27)24(26-23(21)28)11-9-17(29-3)10-12-24/h4-8,13,17,27H,9-12H2,1-3H3,(H,26,28). The molecule has 2 aliphatic rings. The van der Waals surface area contributed by atoms with Crippen LogP contribution < -0.4 is 5.32 Å². The molecule has 0 radical (unpaired) electrons. The van der Waals surface area contributed by atoms with Gasteiger partial charge in [-0.1, -0.05) is 41.9 Å². The number of rotatable bonds is 3. The largest absolute Gasteiger partial charge is 0.509 e. The van der Waals surface area contributed by atoms with Crippen molar-refractivity contribution in [2.24, 2.45) is 0 Å². The van der Waals surface area contributed by atoms with Gasteiger partial charge in [0.2, 0.25) is 0 Å². The van der Waals surface area contributed by atoms with Gasteiger partial charge in [-0.25, -0.2) is 0 Å². The zero-order chi connectivity index (χ0) is 20.8. The Morgan fingerprint density at radius 3 is 2.41 bits per heavy atom. The predicted molar refractivity (Wildman–Crippen MR) is 116 cm³/mol. The van der Waals surface area contributed by atoms with E-state index in [-0.39, 0.29) is 17.8 Å². The summed E-state index contributed by atoms with van der Waals surface area (Å²) in [5, 5.41) is 14.9. The van der Waals surface area contributed by atoms with Crippen LogP contribution in [0.3, 0.4) is 0 Å². The van der Waals surface area contributed by atoms with Gasteiger partial charge in [-0.3, -0.25) is 4.79 Å². The first-order valence-corrected chi connectivity index (χ1v) is 10.4. The van der Waals surface area contributed by atoms with E-state index in [1.807, 2.05) is 50.2 Å². The number of halogens is 1. The lowest BCUT2D eigenvalue weighted by Crippen LogP contribution is -2.48. The van der Waals surface area contributed by atoms with E-state index in [1.165, 1.54) is 0 Å². The summed E-state index contributed by atoms with van der Waals surface area (Å²) >= 11 is 6.58. The van der Waals surface area contributed by atoms with E-state index in [2.05, 4.69) is 5.32 Å². The van der Waals surface area contributed by atoms with Crippen LogP contribution in [0.4, 0.5) is 0 Å². The molecule has 1 saturated carbocycles. The zero-order valence-corrected chi connectivity index (χ0v) is 17.8. The minimum Gasteiger partial charge on any atom is -0.509 e. The molecule has 1 aliphatic carbocycles. The Morgan fingerprint density at radius 1 is 1.14 bits per heavy atom. The number of carbonyl (C=O) groups excluding carboxylic acids is 1. The second-order valence-corrected chi connectivity index (χ2v) is 8.50. The number of benzene rings is 2. The number of amides is 1. The van der Waals surface area contributed by atoms with Gasteiger partial charge in [0.15, 0.2) is 0 Å². The molecule has 1 spiro atoms. The molecule has 0 unspecified atom stereocenters. The third kappa shape index (κ3) is 3.24. The molecule has 1 heterocycles. The normalized spacial score (nSPS) is 24.3. The second kappa shape index (κ2) is 7.51. The van der Waals surface area contributed by atoms with Crippen LogP contribution in [0.25, 0.3) is 16.7 Å². The summed E-state index contributed by atoms with van der Waals surface area (Å²) in [6, 6.07) is 11.9. The summed E-state index contributed by atoms with van der Waals surface area (Å²) in [5.74, 6) is -0.0876. The van der Waals surface area contributed by atoms with E-state index < -0.39 is 5.54 Å². The minimum atomic E-state index is -0.699. The van der Waals surface area contributed by atoms with Crippen molar-refractivity contribution in [2.45, 2.75) is 51.2 Å². The Hall–Kier alpha value is -2.30. The predicted octanol–water partition coefficient (Wildman–Crippen LogP) is 5.35. The lowest BCUT2D eigenvalue weighted by molar-refractivity contribution is -0.116. The van der Waals surface area contributed by atoms with Gasteiger partial charge in [-0.05, 0) is 73.4 Å². The highest BCUT2D eigenvalue weighted by molar-refractivity contribution is 6.33. The van der Waals surface area contributed by atoms with Gasteiger partial charge < -0.3 is 15.2 Å². The molecule has 2 N–H and O–H groups in total. The van der Waals surface area contributed by atoms with Gasteiger partial charge in [-0.15, -0.1) is 0 Å². The highest BCUT2D eigenvalue weighted by Gasteiger charge is 2.48. The maximum absolute atomic E-state index is 13.1. The Bertz CT molecular complexity index is 989. The number of hydrogen-bond donors (Lipinski definition) is 2. The molecule has 5 heteroatoms. The van der Waals surface area contributed by atoms with E-state index in [0.717, 1.165) is 40.7 Å². The molecule has 1 amide bonds. The lowest BCUT2D eigenvalue weighted by atomic mass is 9.78. The van der Waals surface area contributed by atoms with Crippen LogP contribution in [0.5, 0.6) is 0 Å². The van der Waals surface area contributed by atoms with Gasteiger partial charge in [0.05, 0.1) is 17.2 Å². The number of methoxy groups -OCH3 is 1. The summed E-state index contributed by atoms with van der Waals surface area (Å²) in [6.07, 6.45) is 3.11. The van der Waals surface area contributed by atoms with Crippen molar-refractivity contribution >= 4 is 23.1 Å². The van der Waals surface area contributed by atoms with Crippen LogP contribution in [-0.4, -0.2) is 29.8 Å². The van der Waals surface area contributed by atoms with Crippen molar-refractivity contribution in [1.29, 1.82) is 0 Å². The van der Waals surface area contributed by atoms with Gasteiger partial charge in [0.1, 0.15) is 5.76 Å². The lowest BCUT2D eigenvalue weighted by Gasteiger charge is -2.36. The van der Waals surface area contributed by atoms with Crippen molar-refractivity contribution < 1.29 is 14.6 Å². The molecule has 29 heavy (non-hydrogen) atoms. The van der Waals surface area contributed by atoms with Crippen LogP contribution in [0.1, 0.15) is 42.4 Å². The first kappa shape index (κ1) is 20.0. The molecule has 0 aromatic heterocycles. The second-order valence-electron chi connectivity index (χ2n) is 8.09. The van der Waals surface area contributed by atoms with Crippen LogP contribution in [-0.2, 0) is 9.53 Å². The summed E-state index contributed by atoms with van der Waals surface area (Å²) in [4.78, 5) is 13.1. The average molecular weight is 412 g/mol. The van der Waals surface area contributed by atoms with Crippen molar-refractivity contribution in [3.63, 3.8) is 0 Å². The zero-order valence-electron chi connectivity index (χ0n) is 17.0. The first-order chi connectivity index (χ1) is 13.9. The van der Waals surface area contributed by atoms with E-state index in [9.17, 15) is 9.90 Å². The van der Waals surface area contributed by atoms with E-state index in [0.29, 0.717) is 23.4 Å². The quantitative estimate of drug-likeness (QED) is 0.715. The molecule has 4 rings (SSSR count). The third-order valence-electron chi connectivity index (χ3n) is 6.51. The summed E-state index contributed by atoms with van der Waals surface area (Å²) in [7, 11) is 1.71. The summed E-state index contributed by atoms with van der Waals surface area (Å²) in [5.41, 5.74) is 4.14. The Balaban J connectivity index is 1.86. The molecule has 2 aromatic rings. The number of nitrogens with one attached hydrogen (secondary N) is 1. The van der Waals surface area contributed by atoms with Gasteiger partial charge in [-0.2, -0.15) is 0 Å². The highest BCUT2D eigenvalue weighted by Crippen LogP contribution is 2.45. The monoisotopic (exact) mass is 411 g/mol. The van der Waals surface area contributed by atoms with Crippen molar-refractivity contribution in [3.05, 3.63) is 63.9 Å². The Kier molecular flexibility index (Phi) is 5.18. The van der Waals surface area contributed by atoms with E-state index in [4.69, 9.17) is 16.3 Å². The average Bonchev–Trinajstić information content (AvgIpc) is 2.96. The molecular formula is C24H26ClNO3. The molecular weight excluding hydrogens is 386 g/mol. The maximum Gasteiger partial charge on any atom is 0.256 e. The molecule has 1 aliphatic heterocycles. The number of carbonyl (C=O) groups is 1. The Labute approximate surface area is 176 Å². The molecule has 1 fully saturated rings. The van der Waals surface area contributed by atoms with Crippen LogP contribution in [0, 0.1) is 13.8 Å². The van der Waals surface area contributed by atoms with Crippen LogP contribution >= 0.6 is 11.6 Å². The number of aliphatic hydroxyl groups excluding tert-OH is 1. The van der Waals surface area contributed by atoms with Crippen molar-refractivity contribution in [3.8, 4) is 11.1 Å². The minimum absolute atomic E-state index is 0.143. The van der Waals surface area contributed by atoms with Gasteiger partial charge >= 0.3 is 0 Å². The van der Waals surface area contributed by atoms with Gasteiger partial charge in [0.25, 0.3) is 5.91 Å². The molecule has 0 atom stereocenters. The summed E-state index contributed by atoms with van der Waals surface area (Å²) in [6.45, 7) is 3.89. The number of ether oxygens (including phenoxy) is 1. The number of aliphatic hydroxyl groups is 1. The fraction of sp³-hybridized carbons (Fsp3) is 0.375. The Morgan fingerprint density at radius 2 is 1.79 bits per heavy atom. The van der Waals surface area contributed by atoms with Crippen LogP contribution in [0.15, 0.2) is 42.2 Å². The van der Waals surface area contributed by atoms with E-state index in [1.54, 1.807) is 7.11 Å². The fourth-order valence-electron chi connectivity index (χ4n) is 4.77. The van der Waals surface area contributed by atoms with Crippen molar-refractivity contribution in [1.82, 2.24) is 5.32 Å². The topological polar surface area (TPSA) is 58.6 Å². The molecule has 0 saturated heterocycles. The number of hydrogen-bond acceptors (Lipinski definition) is 3. The molecule has 2 aromatic carbocycles. The molecule has 4 nitrogen and oxygen atoms in total. The molecule has 0 bridgehead atoms. The first-order valence-electron chi connectivity index (χ1n) is 10.0.